The summed E-state index contributed by atoms with van der Waals surface area (Å²) in [7, 11) is -4.32. The number of oxime groups is 1. The second-order valence-corrected chi connectivity index (χ2v) is 20.0. The van der Waals surface area contributed by atoms with Gasteiger partial charge in [-0.05, 0) is 106 Å². The summed E-state index contributed by atoms with van der Waals surface area (Å²) in [6.45, 7) is 12.3. The number of para-hydroxylation sites is 1. The van der Waals surface area contributed by atoms with E-state index < -0.39 is 39.5 Å². The van der Waals surface area contributed by atoms with Crippen molar-refractivity contribution in [3.63, 3.8) is 0 Å². The third-order valence-corrected chi connectivity index (χ3v) is 14.5. The molecule has 65 heavy (non-hydrogen) atoms. The Balaban J connectivity index is 1.45. The first-order valence-corrected chi connectivity index (χ1v) is 24.4. The smallest absolute Gasteiger partial charge is 0.412 e. The van der Waals surface area contributed by atoms with Crippen molar-refractivity contribution in [3.05, 3.63) is 120 Å². The zero-order valence-electron chi connectivity index (χ0n) is 38.0. The van der Waals surface area contributed by atoms with Gasteiger partial charge in [-0.25, -0.2) is 13.2 Å². The minimum Gasteiger partial charge on any atom is -0.460 e. The van der Waals surface area contributed by atoms with Gasteiger partial charge in [0, 0.05) is 55.8 Å². The molecule has 2 heterocycles. The predicted molar refractivity (Wildman–Crippen MR) is 251 cm³/mol. The minimum atomic E-state index is -4.32. The number of aromatic nitrogens is 1. The third-order valence-electron chi connectivity index (χ3n) is 12.5. The summed E-state index contributed by atoms with van der Waals surface area (Å²) in [4.78, 5) is 24.2. The van der Waals surface area contributed by atoms with Crippen LogP contribution in [0.3, 0.4) is 0 Å². The lowest BCUT2D eigenvalue weighted by atomic mass is 9.55. The van der Waals surface area contributed by atoms with Crippen LogP contribution in [0.25, 0.3) is 10.9 Å². The number of hydrogen-bond acceptors (Lipinski definition) is 11. The highest BCUT2D eigenvalue weighted by atomic mass is 32.2. The number of aliphatic hydroxyl groups excluding tert-OH is 2. The zero-order chi connectivity index (χ0) is 46.2. The lowest BCUT2D eigenvalue weighted by Gasteiger charge is -2.59. The molecule has 7 rings (SSSR count). The molecule has 0 spiro atoms. The number of nitrogens with one attached hydrogen (secondary N) is 1. The number of allylic oxidation sites excluding steroid dienone is 1. The van der Waals surface area contributed by atoms with Crippen LogP contribution < -0.4 is 14.8 Å². The summed E-state index contributed by atoms with van der Waals surface area (Å²) in [5.74, 6) is -1.96. The van der Waals surface area contributed by atoms with E-state index in [0.717, 1.165) is 36.0 Å². The maximum absolute atomic E-state index is 15.5. The SMILES string of the molecule is C=CCOC12Oc3ccc(OC(=O)NCc4ccccc4)cc3C3C(CCCCO)C(CCCCO)C=C(C(=NOC(C)(C)C)CC1N(CCC)S(=O)(=O)c1cccc4cccnc14)C32. The van der Waals surface area contributed by atoms with Crippen LogP contribution in [-0.4, -0.2) is 83.5 Å². The highest BCUT2D eigenvalue weighted by Gasteiger charge is 2.66. The van der Waals surface area contributed by atoms with Gasteiger partial charge in [0.05, 0.1) is 29.8 Å². The number of aliphatic hydroxyl groups is 2. The van der Waals surface area contributed by atoms with Gasteiger partial charge >= 0.3 is 6.09 Å². The monoisotopic (exact) mass is 908 g/mol. The minimum absolute atomic E-state index is 0.0214. The molecular weight excluding hydrogens is 845 g/mol. The fraction of sp³-hybridized carbons (Fsp3) is 0.471. The number of unbranched alkanes of at least 4 members (excludes halogenated alkanes) is 2. The molecule has 6 atom stereocenters. The van der Waals surface area contributed by atoms with Crippen LogP contribution >= 0.6 is 0 Å². The van der Waals surface area contributed by atoms with E-state index in [1.807, 2.05) is 76.2 Å². The molecule has 14 heteroatoms. The molecule has 1 aromatic heterocycles. The summed E-state index contributed by atoms with van der Waals surface area (Å²) < 4.78 is 53.0. The van der Waals surface area contributed by atoms with Crippen LogP contribution in [0.1, 0.15) is 96.1 Å². The van der Waals surface area contributed by atoms with E-state index in [4.69, 9.17) is 24.2 Å². The average molecular weight is 909 g/mol. The molecule has 0 saturated heterocycles. The number of hydrogen-bond donors (Lipinski definition) is 3. The van der Waals surface area contributed by atoms with Gasteiger partial charge in [-0.3, -0.25) is 4.98 Å². The Morgan fingerprint density at radius 1 is 1.02 bits per heavy atom. The number of rotatable bonds is 20. The summed E-state index contributed by atoms with van der Waals surface area (Å²) >= 11 is 0. The molecule has 2 aliphatic carbocycles. The number of sulfonamides is 1. The number of pyridine rings is 1. The molecule has 3 N–H and O–H groups in total. The molecule has 0 radical (unpaired) electrons. The Hall–Kier alpha value is -5.12. The van der Waals surface area contributed by atoms with E-state index >= 15 is 8.42 Å². The first-order chi connectivity index (χ1) is 31.3. The van der Waals surface area contributed by atoms with E-state index in [9.17, 15) is 15.0 Å². The van der Waals surface area contributed by atoms with Gasteiger partial charge < -0.3 is 34.6 Å². The second kappa shape index (κ2) is 21.0. The van der Waals surface area contributed by atoms with Crippen LogP contribution in [0.5, 0.6) is 11.5 Å². The third kappa shape index (κ3) is 10.5. The largest absolute Gasteiger partial charge is 0.460 e. The van der Waals surface area contributed by atoms with Crippen molar-refractivity contribution in [2.45, 2.75) is 114 Å². The first-order valence-electron chi connectivity index (χ1n) is 23.0. The predicted octanol–water partition coefficient (Wildman–Crippen LogP) is 9.06. The maximum Gasteiger partial charge on any atom is 0.412 e. The van der Waals surface area contributed by atoms with Crippen molar-refractivity contribution < 1.29 is 42.5 Å². The average Bonchev–Trinajstić information content (AvgIpc) is 3.30. The molecule has 6 unspecified atom stereocenters. The molecule has 3 aliphatic rings. The zero-order valence-corrected chi connectivity index (χ0v) is 38.8. The van der Waals surface area contributed by atoms with Crippen molar-refractivity contribution in [1.82, 2.24) is 14.6 Å². The standard InChI is InChI=1S/C51H64N4O9S/c1-6-27-55(65(59,60)44-23-15-20-36-21-16-26-52-48(36)44)45-33-42(54-64-50(3,4)5)40-31-37(19-11-13-28-56)39(22-12-14-29-57)46-41-32-38(62-49(58)53-34-35-17-9-8-10-18-35)24-25-43(41)63-51(45,47(40)46)61-30-7-2/h7-10,15-18,20-21,23-26,31-32,37,39,45-47,56-57H,2,6,11-14,19,22,27-30,33-34H2,1,3-5H3,(H,53,58). The molecule has 1 aliphatic heterocycles. The highest BCUT2D eigenvalue weighted by molar-refractivity contribution is 7.89. The Bertz CT molecular complexity index is 2450. The molecule has 13 nitrogen and oxygen atoms in total. The van der Waals surface area contributed by atoms with Crippen LogP contribution in [-0.2, 0) is 26.1 Å². The van der Waals surface area contributed by atoms with Crippen molar-refractivity contribution >= 4 is 32.7 Å². The van der Waals surface area contributed by atoms with Crippen LogP contribution in [0, 0.1) is 17.8 Å². The summed E-state index contributed by atoms with van der Waals surface area (Å²) in [6, 6.07) is 22.7. The molecule has 1 amide bonds. The normalized spacial score (nSPS) is 23.3. The lowest BCUT2D eigenvalue weighted by molar-refractivity contribution is -0.251. The summed E-state index contributed by atoms with van der Waals surface area (Å²) in [6.07, 6.45) is 9.63. The summed E-state index contributed by atoms with van der Waals surface area (Å²) in [5.41, 5.74) is 2.82. The highest BCUT2D eigenvalue weighted by Crippen LogP contribution is 2.62. The van der Waals surface area contributed by atoms with E-state index in [0.29, 0.717) is 53.8 Å². The topological polar surface area (TPSA) is 169 Å². The van der Waals surface area contributed by atoms with Gasteiger partial charge in [-0.15, -0.1) is 6.58 Å². The lowest BCUT2D eigenvalue weighted by Crippen LogP contribution is -2.70. The molecular formula is C51H64N4O9S. The molecule has 0 bridgehead atoms. The molecule has 1 saturated carbocycles. The Morgan fingerprint density at radius 3 is 2.49 bits per heavy atom. The Morgan fingerprint density at radius 2 is 1.77 bits per heavy atom. The van der Waals surface area contributed by atoms with Gasteiger partial charge in [0.25, 0.3) is 0 Å². The Kier molecular flexibility index (Phi) is 15.5. The van der Waals surface area contributed by atoms with Crippen LogP contribution in [0.4, 0.5) is 4.79 Å². The van der Waals surface area contributed by atoms with E-state index in [-0.39, 0.29) is 62.0 Å². The van der Waals surface area contributed by atoms with Crippen molar-refractivity contribution in [3.8, 4) is 11.5 Å². The number of nitrogens with zero attached hydrogens (tertiary/aromatic N) is 3. The number of carbonyl (C=O) groups excluding carboxylic acids is 1. The van der Waals surface area contributed by atoms with Gasteiger partial charge in [0.1, 0.15) is 22.0 Å². The van der Waals surface area contributed by atoms with Crippen molar-refractivity contribution in [2.75, 3.05) is 26.4 Å². The molecule has 1 fully saturated rings. The quantitative estimate of drug-likeness (QED) is 0.0442. The van der Waals surface area contributed by atoms with E-state index in [1.54, 1.807) is 42.6 Å². The molecule has 348 valence electrons. The maximum atomic E-state index is 15.5. The molecule has 4 aromatic rings. The number of fused-ring (bicyclic) bond motifs is 3. The van der Waals surface area contributed by atoms with Gasteiger partial charge in [-0.1, -0.05) is 85.6 Å². The first kappa shape index (κ1) is 47.8. The van der Waals surface area contributed by atoms with Crippen molar-refractivity contribution in [2.24, 2.45) is 22.9 Å². The van der Waals surface area contributed by atoms with E-state index in [1.165, 1.54) is 4.31 Å². The van der Waals surface area contributed by atoms with Crippen molar-refractivity contribution in [1.29, 1.82) is 0 Å². The van der Waals surface area contributed by atoms with E-state index in [2.05, 4.69) is 23.0 Å². The number of carbonyl (C=O) groups is 1. The Labute approximate surface area is 383 Å². The fourth-order valence-corrected chi connectivity index (χ4v) is 11.8. The number of benzene rings is 3. The second-order valence-electron chi connectivity index (χ2n) is 18.2. The number of amides is 1. The van der Waals surface area contributed by atoms with Crippen LogP contribution in [0.2, 0.25) is 0 Å². The van der Waals surface area contributed by atoms with Gasteiger partial charge in [0.15, 0.2) is 0 Å². The number of ether oxygens (including phenoxy) is 3. The fourth-order valence-electron chi connectivity index (χ4n) is 9.87. The van der Waals surface area contributed by atoms with Gasteiger partial charge in [0.2, 0.25) is 15.8 Å². The van der Waals surface area contributed by atoms with Gasteiger partial charge in [-0.2, -0.15) is 4.31 Å². The summed E-state index contributed by atoms with van der Waals surface area (Å²) in [5, 5.41) is 28.4. The molecule has 3 aromatic carbocycles. The van der Waals surface area contributed by atoms with Crippen LogP contribution in [0.15, 0.2) is 119 Å².